The van der Waals surface area contributed by atoms with E-state index in [4.69, 9.17) is 0 Å². The van der Waals surface area contributed by atoms with Crippen LogP contribution in [0.5, 0.6) is 0 Å². The van der Waals surface area contributed by atoms with Crippen molar-refractivity contribution in [1.82, 2.24) is 15.1 Å². The fourth-order valence-electron chi connectivity index (χ4n) is 1.84. The molecule has 1 aromatic heterocycles. The molecule has 1 saturated carbocycles. The molecule has 1 aromatic rings. The van der Waals surface area contributed by atoms with E-state index in [2.05, 4.69) is 38.2 Å². The molecule has 1 atom stereocenters. The third kappa shape index (κ3) is 3.26. The Morgan fingerprint density at radius 3 is 2.82 bits per heavy atom. The fraction of sp³-hybridized carbons (Fsp3) is 0.769. The minimum atomic E-state index is 0.657. The maximum atomic E-state index is 4.55. The molecule has 0 amide bonds. The quantitative estimate of drug-likeness (QED) is 0.791. The first-order valence-electron chi connectivity index (χ1n) is 6.54. The van der Waals surface area contributed by atoms with Crippen LogP contribution >= 0.6 is 11.8 Å². The van der Waals surface area contributed by atoms with Crippen molar-refractivity contribution in [2.45, 2.75) is 62.9 Å². The predicted octanol–water partition coefficient (Wildman–Crippen LogP) is 2.87. The van der Waals surface area contributed by atoms with Gasteiger partial charge in [-0.05, 0) is 26.2 Å². The van der Waals surface area contributed by atoms with Crippen molar-refractivity contribution in [2.75, 3.05) is 0 Å². The lowest BCUT2D eigenvalue weighted by atomic mass is 10.2. The van der Waals surface area contributed by atoms with Crippen LogP contribution in [0.3, 0.4) is 0 Å². The molecular formula is C13H23N3S. The monoisotopic (exact) mass is 253 g/mol. The second-order valence-electron chi connectivity index (χ2n) is 4.98. The van der Waals surface area contributed by atoms with Crippen LogP contribution in [-0.2, 0) is 13.6 Å². The summed E-state index contributed by atoms with van der Waals surface area (Å²) in [5.41, 5.74) is 2.57. The fourth-order valence-corrected chi connectivity index (χ4v) is 2.94. The molecule has 1 aliphatic carbocycles. The van der Waals surface area contributed by atoms with Gasteiger partial charge < -0.3 is 5.32 Å². The molecule has 17 heavy (non-hydrogen) atoms. The number of aromatic nitrogens is 2. The standard InChI is InChI=1S/C13H23N3S/c1-5-9(2)17-13-12(8-14-11-6-7-11)10(3)15-16(13)4/h9,11,14H,5-8H2,1-4H3. The Balaban J connectivity index is 2.09. The molecule has 1 N–H and O–H groups in total. The number of nitrogens with zero attached hydrogens (tertiary/aromatic N) is 2. The lowest BCUT2D eigenvalue weighted by molar-refractivity contribution is 0.657. The Morgan fingerprint density at radius 1 is 1.53 bits per heavy atom. The Morgan fingerprint density at radius 2 is 2.24 bits per heavy atom. The van der Waals surface area contributed by atoms with Crippen LogP contribution in [0.25, 0.3) is 0 Å². The summed E-state index contributed by atoms with van der Waals surface area (Å²) < 4.78 is 2.04. The molecule has 96 valence electrons. The van der Waals surface area contributed by atoms with Gasteiger partial charge in [0.25, 0.3) is 0 Å². The number of hydrogen-bond donors (Lipinski definition) is 1. The van der Waals surface area contributed by atoms with Crippen LogP contribution < -0.4 is 5.32 Å². The summed E-state index contributed by atoms with van der Waals surface area (Å²) in [4.78, 5) is 0. The Bertz CT molecular complexity index is 382. The highest BCUT2D eigenvalue weighted by Gasteiger charge is 2.22. The van der Waals surface area contributed by atoms with Gasteiger partial charge in [-0.2, -0.15) is 5.10 Å². The van der Waals surface area contributed by atoms with Crippen molar-refractivity contribution in [2.24, 2.45) is 7.05 Å². The van der Waals surface area contributed by atoms with Crippen molar-refractivity contribution in [3.05, 3.63) is 11.3 Å². The average Bonchev–Trinajstić information content (AvgIpc) is 3.07. The highest BCUT2D eigenvalue weighted by Crippen LogP contribution is 2.30. The maximum absolute atomic E-state index is 4.55. The Kier molecular flexibility index (Phi) is 4.15. The van der Waals surface area contributed by atoms with Crippen LogP contribution in [0.15, 0.2) is 5.03 Å². The van der Waals surface area contributed by atoms with Gasteiger partial charge in [-0.3, -0.25) is 4.68 Å². The lowest BCUT2D eigenvalue weighted by Gasteiger charge is -2.11. The summed E-state index contributed by atoms with van der Waals surface area (Å²) in [5, 5.41) is 10.1. The number of aryl methyl sites for hydroxylation is 2. The SMILES string of the molecule is CCC(C)Sc1c(CNC2CC2)c(C)nn1C. The largest absolute Gasteiger partial charge is 0.310 e. The van der Waals surface area contributed by atoms with Gasteiger partial charge in [-0.1, -0.05) is 13.8 Å². The average molecular weight is 253 g/mol. The normalized spacial score (nSPS) is 17.4. The smallest absolute Gasteiger partial charge is 0.0987 e. The molecule has 0 saturated heterocycles. The predicted molar refractivity (Wildman–Crippen MR) is 73.4 cm³/mol. The van der Waals surface area contributed by atoms with E-state index in [1.807, 2.05) is 16.4 Å². The van der Waals surface area contributed by atoms with E-state index in [-0.39, 0.29) is 0 Å². The summed E-state index contributed by atoms with van der Waals surface area (Å²) in [7, 11) is 2.05. The zero-order chi connectivity index (χ0) is 12.4. The van der Waals surface area contributed by atoms with Crippen molar-refractivity contribution in [3.63, 3.8) is 0 Å². The molecule has 0 bridgehead atoms. The molecule has 3 nitrogen and oxygen atoms in total. The van der Waals surface area contributed by atoms with E-state index in [1.54, 1.807) is 0 Å². The third-order valence-corrected chi connectivity index (χ3v) is 4.79. The molecule has 1 heterocycles. The zero-order valence-corrected chi connectivity index (χ0v) is 12.1. The highest BCUT2D eigenvalue weighted by molar-refractivity contribution is 7.99. The van der Waals surface area contributed by atoms with Crippen LogP contribution in [-0.4, -0.2) is 21.1 Å². The van der Waals surface area contributed by atoms with Gasteiger partial charge in [0.05, 0.1) is 10.7 Å². The summed E-state index contributed by atoms with van der Waals surface area (Å²) in [6, 6.07) is 0.760. The highest BCUT2D eigenvalue weighted by atomic mass is 32.2. The topological polar surface area (TPSA) is 29.9 Å². The maximum Gasteiger partial charge on any atom is 0.0987 e. The molecule has 4 heteroatoms. The molecule has 2 rings (SSSR count). The number of hydrogen-bond acceptors (Lipinski definition) is 3. The summed E-state index contributed by atoms with van der Waals surface area (Å²) >= 11 is 1.95. The van der Waals surface area contributed by atoms with Crippen molar-refractivity contribution >= 4 is 11.8 Å². The van der Waals surface area contributed by atoms with Crippen molar-refractivity contribution in [1.29, 1.82) is 0 Å². The van der Waals surface area contributed by atoms with E-state index in [0.29, 0.717) is 5.25 Å². The zero-order valence-electron chi connectivity index (χ0n) is 11.3. The molecular weight excluding hydrogens is 230 g/mol. The van der Waals surface area contributed by atoms with Gasteiger partial charge in [0, 0.05) is 30.4 Å². The van der Waals surface area contributed by atoms with Gasteiger partial charge in [0.2, 0.25) is 0 Å². The first-order chi connectivity index (χ1) is 8.11. The van der Waals surface area contributed by atoms with Crippen LogP contribution in [0, 0.1) is 6.92 Å². The van der Waals surface area contributed by atoms with Gasteiger partial charge in [-0.15, -0.1) is 11.8 Å². The Hall–Kier alpha value is -0.480. The number of nitrogens with one attached hydrogen (secondary N) is 1. The lowest BCUT2D eigenvalue weighted by Crippen LogP contribution is -2.16. The summed E-state index contributed by atoms with van der Waals surface area (Å²) in [6.45, 7) is 7.61. The van der Waals surface area contributed by atoms with Gasteiger partial charge in [0.15, 0.2) is 0 Å². The van der Waals surface area contributed by atoms with E-state index in [1.165, 1.54) is 35.5 Å². The van der Waals surface area contributed by atoms with Gasteiger partial charge in [0.1, 0.15) is 0 Å². The van der Waals surface area contributed by atoms with Crippen LogP contribution in [0.2, 0.25) is 0 Å². The molecule has 0 aromatic carbocycles. The molecule has 0 aliphatic heterocycles. The minimum absolute atomic E-state index is 0.657. The summed E-state index contributed by atoms with van der Waals surface area (Å²) in [6.07, 6.45) is 3.88. The molecule has 1 fully saturated rings. The molecule has 0 spiro atoms. The molecule has 0 radical (unpaired) electrons. The third-order valence-electron chi connectivity index (χ3n) is 3.32. The Labute approximate surface area is 108 Å². The van der Waals surface area contributed by atoms with Gasteiger partial charge >= 0.3 is 0 Å². The minimum Gasteiger partial charge on any atom is -0.310 e. The van der Waals surface area contributed by atoms with Crippen LogP contribution in [0.1, 0.15) is 44.4 Å². The first kappa shape index (κ1) is 13.0. The van der Waals surface area contributed by atoms with Crippen molar-refractivity contribution < 1.29 is 0 Å². The second kappa shape index (κ2) is 5.44. The second-order valence-corrected chi connectivity index (χ2v) is 6.41. The summed E-state index contributed by atoms with van der Waals surface area (Å²) in [5.74, 6) is 0. The van der Waals surface area contributed by atoms with Crippen LogP contribution in [0.4, 0.5) is 0 Å². The number of thioether (sulfide) groups is 1. The van der Waals surface area contributed by atoms with E-state index >= 15 is 0 Å². The number of rotatable bonds is 6. The van der Waals surface area contributed by atoms with E-state index in [0.717, 1.165) is 12.6 Å². The molecule has 1 aliphatic rings. The van der Waals surface area contributed by atoms with E-state index in [9.17, 15) is 0 Å². The molecule has 1 unspecified atom stereocenters. The van der Waals surface area contributed by atoms with E-state index < -0.39 is 0 Å². The van der Waals surface area contributed by atoms with Crippen molar-refractivity contribution in [3.8, 4) is 0 Å². The van der Waals surface area contributed by atoms with Gasteiger partial charge in [-0.25, -0.2) is 0 Å². The first-order valence-corrected chi connectivity index (χ1v) is 7.42.